The van der Waals surface area contributed by atoms with Crippen molar-refractivity contribution < 1.29 is 9.90 Å². The van der Waals surface area contributed by atoms with E-state index < -0.39 is 11.4 Å². The van der Waals surface area contributed by atoms with Crippen LogP contribution in [0.5, 0.6) is 0 Å². The first-order valence-corrected chi connectivity index (χ1v) is 5.07. The van der Waals surface area contributed by atoms with Crippen molar-refractivity contribution in [2.75, 3.05) is 13.1 Å². The first-order valence-electron chi connectivity index (χ1n) is 5.07. The number of carboxylic acid groups (broad SMARTS) is 1. The van der Waals surface area contributed by atoms with E-state index >= 15 is 0 Å². The predicted molar refractivity (Wildman–Crippen MR) is 55.0 cm³/mol. The van der Waals surface area contributed by atoms with Crippen molar-refractivity contribution in [3.63, 3.8) is 0 Å². The third kappa shape index (κ3) is 2.25. The lowest BCUT2D eigenvalue weighted by molar-refractivity contribution is -0.148. The lowest BCUT2D eigenvalue weighted by Gasteiger charge is -2.30. The van der Waals surface area contributed by atoms with Gasteiger partial charge in [-0.2, -0.15) is 0 Å². The molecule has 3 N–H and O–H groups in total. The van der Waals surface area contributed by atoms with E-state index in [0.717, 1.165) is 13.0 Å². The van der Waals surface area contributed by atoms with Gasteiger partial charge in [-0.1, -0.05) is 0 Å². The van der Waals surface area contributed by atoms with Crippen molar-refractivity contribution in [1.29, 1.82) is 0 Å². The first-order chi connectivity index (χ1) is 6.34. The number of aliphatic carboxylic acids is 1. The van der Waals surface area contributed by atoms with Gasteiger partial charge in [0.25, 0.3) is 0 Å². The van der Waals surface area contributed by atoms with Crippen LogP contribution in [0.4, 0.5) is 0 Å². The van der Waals surface area contributed by atoms with E-state index in [2.05, 4.69) is 11.8 Å². The van der Waals surface area contributed by atoms with Crippen LogP contribution in [0.2, 0.25) is 0 Å². The highest BCUT2D eigenvalue weighted by molar-refractivity contribution is 5.73. The van der Waals surface area contributed by atoms with E-state index in [1.807, 2.05) is 0 Å². The van der Waals surface area contributed by atoms with Crippen molar-refractivity contribution in [3.8, 4) is 0 Å². The molecule has 0 amide bonds. The molecule has 0 radical (unpaired) electrons. The zero-order valence-electron chi connectivity index (χ0n) is 9.16. The molecule has 0 saturated carbocycles. The quantitative estimate of drug-likeness (QED) is 0.697. The molecule has 0 bridgehead atoms. The van der Waals surface area contributed by atoms with Crippen LogP contribution in [0.25, 0.3) is 0 Å². The van der Waals surface area contributed by atoms with Crippen molar-refractivity contribution in [3.05, 3.63) is 0 Å². The molecule has 1 saturated heterocycles. The number of nitrogens with zero attached hydrogens (tertiary/aromatic N) is 1. The van der Waals surface area contributed by atoms with Crippen LogP contribution in [-0.4, -0.2) is 41.1 Å². The molecule has 82 valence electrons. The molecule has 0 aromatic heterocycles. The Morgan fingerprint density at radius 2 is 2.21 bits per heavy atom. The summed E-state index contributed by atoms with van der Waals surface area (Å²) in [6.45, 7) is 7.07. The molecule has 4 nitrogen and oxygen atoms in total. The van der Waals surface area contributed by atoms with Gasteiger partial charge in [0.1, 0.15) is 0 Å². The molecule has 0 aliphatic carbocycles. The van der Waals surface area contributed by atoms with Crippen molar-refractivity contribution in [2.24, 2.45) is 11.1 Å². The SMILES string of the molecule is CC1C(N)CCN1CC(C)(C)C(=O)O. The molecule has 1 aliphatic rings. The maximum absolute atomic E-state index is 10.9. The van der Waals surface area contributed by atoms with Gasteiger partial charge in [0.15, 0.2) is 0 Å². The molecule has 14 heavy (non-hydrogen) atoms. The second-order valence-corrected chi connectivity index (χ2v) is 4.85. The van der Waals surface area contributed by atoms with Crippen LogP contribution < -0.4 is 5.73 Å². The Morgan fingerprint density at radius 1 is 1.64 bits per heavy atom. The monoisotopic (exact) mass is 200 g/mol. The van der Waals surface area contributed by atoms with Crippen LogP contribution in [0.15, 0.2) is 0 Å². The van der Waals surface area contributed by atoms with Gasteiger partial charge in [-0.15, -0.1) is 0 Å². The number of carboxylic acids is 1. The number of nitrogens with two attached hydrogens (primary N) is 1. The summed E-state index contributed by atoms with van der Waals surface area (Å²) in [7, 11) is 0. The number of hydrogen-bond donors (Lipinski definition) is 2. The van der Waals surface area contributed by atoms with E-state index in [1.165, 1.54) is 0 Å². The molecule has 2 unspecified atom stereocenters. The molecule has 0 spiro atoms. The zero-order chi connectivity index (χ0) is 10.9. The summed E-state index contributed by atoms with van der Waals surface area (Å²) in [4.78, 5) is 13.1. The number of carbonyl (C=O) groups is 1. The zero-order valence-corrected chi connectivity index (χ0v) is 9.16. The fourth-order valence-electron chi connectivity index (χ4n) is 1.83. The summed E-state index contributed by atoms with van der Waals surface area (Å²) in [6.07, 6.45) is 0.969. The highest BCUT2D eigenvalue weighted by Crippen LogP contribution is 2.23. The Bertz CT molecular complexity index is 228. The molecular weight excluding hydrogens is 180 g/mol. The fourth-order valence-corrected chi connectivity index (χ4v) is 1.83. The standard InChI is InChI=1S/C10H20N2O2/c1-7-8(11)4-5-12(7)6-10(2,3)9(13)14/h7-8H,4-6,11H2,1-3H3,(H,13,14). The van der Waals surface area contributed by atoms with Gasteiger partial charge >= 0.3 is 5.97 Å². The van der Waals surface area contributed by atoms with Crippen LogP contribution in [0.1, 0.15) is 27.2 Å². The molecular formula is C10H20N2O2. The predicted octanol–water partition coefficient (Wildman–Crippen LogP) is 0.519. The summed E-state index contributed by atoms with van der Waals surface area (Å²) in [5.74, 6) is -0.745. The lowest BCUT2D eigenvalue weighted by Crippen LogP contribution is -2.44. The van der Waals surface area contributed by atoms with Crippen LogP contribution in [0.3, 0.4) is 0 Å². The molecule has 1 aliphatic heterocycles. The van der Waals surface area contributed by atoms with Crippen LogP contribution in [-0.2, 0) is 4.79 Å². The smallest absolute Gasteiger partial charge is 0.310 e. The molecule has 0 aromatic rings. The Hall–Kier alpha value is -0.610. The second-order valence-electron chi connectivity index (χ2n) is 4.85. The molecule has 1 heterocycles. The highest BCUT2D eigenvalue weighted by atomic mass is 16.4. The van der Waals surface area contributed by atoms with E-state index in [0.29, 0.717) is 12.6 Å². The summed E-state index contributed by atoms with van der Waals surface area (Å²) in [5, 5.41) is 9.00. The molecule has 4 heteroatoms. The van der Waals surface area contributed by atoms with Gasteiger partial charge in [0.05, 0.1) is 5.41 Å². The van der Waals surface area contributed by atoms with Gasteiger partial charge in [-0.3, -0.25) is 9.69 Å². The van der Waals surface area contributed by atoms with E-state index in [1.54, 1.807) is 13.8 Å². The Morgan fingerprint density at radius 3 is 2.57 bits per heavy atom. The maximum atomic E-state index is 10.9. The lowest BCUT2D eigenvalue weighted by atomic mass is 9.93. The Labute approximate surface area is 85.1 Å². The van der Waals surface area contributed by atoms with Gasteiger partial charge < -0.3 is 10.8 Å². The van der Waals surface area contributed by atoms with Gasteiger partial charge in [0.2, 0.25) is 0 Å². The number of rotatable bonds is 3. The normalized spacial score (nSPS) is 29.4. The van der Waals surface area contributed by atoms with Gasteiger partial charge in [0, 0.05) is 25.2 Å². The largest absolute Gasteiger partial charge is 0.481 e. The van der Waals surface area contributed by atoms with Crippen molar-refractivity contribution in [2.45, 2.75) is 39.3 Å². The van der Waals surface area contributed by atoms with E-state index in [4.69, 9.17) is 10.8 Å². The molecule has 2 atom stereocenters. The van der Waals surface area contributed by atoms with Crippen LogP contribution >= 0.6 is 0 Å². The minimum atomic E-state index is -0.745. The molecule has 1 rings (SSSR count). The highest BCUT2D eigenvalue weighted by Gasteiger charge is 2.35. The number of hydrogen-bond acceptors (Lipinski definition) is 3. The average Bonchev–Trinajstić information content (AvgIpc) is 2.35. The summed E-state index contributed by atoms with van der Waals surface area (Å²) in [6, 6.07) is 0.494. The topological polar surface area (TPSA) is 66.6 Å². The maximum Gasteiger partial charge on any atom is 0.310 e. The van der Waals surface area contributed by atoms with E-state index in [9.17, 15) is 4.79 Å². The summed E-state index contributed by atoms with van der Waals surface area (Å²) >= 11 is 0. The fraction of sp³-hybridized carbons (Fsp3) is 0.900. The Kier molecular flexibility index (Phi) is 3.17. The third-order valence-corrected chi connectivity index (χ3v) is 3.12. The molecule has 0 aromatic carbocycles. The minimum Gasteiger partial charge on any atom is -0.481 e. The van der Waals surface area contributed by atoms with Crippen LogP contribution in [0, 0.1) is 5.41 Å². The number of likely N-dealkylation sites (tertiary alicyclic amines) is 1. The second kappa shape index (κ2) is 3.87. The average molecular weight is 200 g/mol. The van der Waals surface area contributed by atoms with Gasteiger partial charge in [-0.05, 0) is 27.2 Å². The summed E-state index contributed by atoms with van der Waals surface area (Å²) in [5.41, 5.74) is 5.19. The van der Waals surface area contributed by atoms with Gasteiger partial charge in [-0.25, -0.2) is 0 Å². The van der Waals surface area contributed by atoms with Crippen molar-refractivity contribution in [1.82, 2.24) is 4.90 Å². The minimum absolute atomic E-state index is 0.194. The van der Waals surface area contributed by atoms with Crippen molar-refractivity contribution >= 4 is 5.97 Å². The van der Waals surface area contributed by atoms with E-state index in [-0.39, 0.29) is 6.04 Å². The summed E-state index contributed by atoms with van der Waals surface area (Å²) < 4.78 is 0. The first kappa shape index (κ1) is 11.5. The Balaban J connectivity index is 2.57. The molecule has 1 fully saturated rings. The third-order valence-electron chi connectivity index (χ3n) is 3.12.